The van der Waals surface area contributed by atoms with Crippen molar-refractivity contribution in [2.24, 2.45) is 0 Å². The van der Waals surface area contributed by atoms with E-state index < -0.39 is 0 Å². The summed E-state index contributed by atoms with van der Waals surface area (Å²) in [6.07, 6.45) is 0. The number of hydrogen-bond acceptors (Lipinski definition) is 2. The fourth-order valence-electron chi connectivity index (χ4n) is 0.637. The Balaban J connectivity index is 2.81. The molecule has 0 heterocycles. The summed E-state index contributed by atoms with van der Waals surface area (Å²) in [7, 11) is 1.76. The van der Waals surface area contributed by atoms with Crippen molar-refractivity contribution in [3.63, 3.8) is 0 Å². The summed E-state index contributed by atoms with van der Waals surface area (Å²) in [5, 5.41) is 0. The lowest BCUT2D eigenvalue weighted by Crippen LogP contribution is -1.92. The Morgan fingerprint density at radius 3 is 2.70 bits per heavy atom. The Morgan fingerprint density at radius 2 is 2.10 bits per heavy atom. The average Bonchev–Trinajstić information content (AvgIpc) is 1.94. The van der Waals surface area contributed by atoms with Gasteiger partial charge in [0, 0.05) is 0 Å². The molecule has 1 nitrogen and oxygen atoms in total. The largest absolute Gasteiger partial charge is 0.263 e. The Morgan fingerprint density at radius 1 is 1.40 bits per heavy atom. The molecule has 0 atom stereocenters. The van der Waals surface area contributed by atoms with Gasteiger partial charge in [-0.2, -0.15) is 0 Å². The van der Waals surface area contributed by atoms with Gasteiger partial charge < -0.3 is 0 Å². The van der Waals surface area contributed by atoms with Crippen LogP contribution in [0.5, 0.6) is 0 Å². The molecule has 0 aliphatic heterocycles. The lowest BCUT2D eigenvalue weighted by molar-refractivity contribution is 0.601. The summed E-state index contributed by atoms with van der Waals surface area (Å²) in [4.78, 5) is 0.630. The van der Waals surface area contributed by atoms with Crippen LogP contribution >= 0.6 is 11.9 Å². The van der Waals surface area contributed by atoms with Crippen LogP contribution in [0.1, 0.15) is 0 Å². The molecule has 0 fully saturated rings. The van der Waals surface area contributed by atoms with Crippen molar-refractivity contribution in [1.29, 1.82) is 0 Å². The van der Waals surface area contributed by atoms with E-state index in [1.54, 1.807) is 19.2 Å². The summed E-state index contributed by atoms with van der Waals surface area (Å²) >= 11 is 1.28. The summed E-state index contributed by atoms with van der Waals surface area (Å²) < 4.78 is 15.5. The first-order valence-electron chi connectivity index (χ1n) is 2.92. The highest BCUT2D eigenvalue weighted by Crippen LogP contribution is 2.16. The second kappa shape index (κ2) is 3.58. The van der Waals surface area contributed by atoms with Crippen molar-refractivity contribution in [1.82, 2.24) is 4.72 Å². The molecule has 0 aromatic heterocycles. The molecule has 1 aromatic rings. The van der Waals surface area contributed by atoms with E-state index in [1.807, 2.05) is 6.07 Å². The van der Waals surface area contributed by atoms with Crippen LogP contribution < -0.4 is 4.72 Å². The maximum atomic E-state index is 12.7. The molecule has 1 aromatic carbocycles. The van der Waals surface area contributed by atoms with Crippen molar-refractivity contribution in [3.8, 4) is 0 Å². The van der Waals surface area contributed by atoms with Crippen LogP contribution in [0.2, 0.25) is 0 Å². The van der Waals surface area contributed by atoms with Crippen molar-refractivity contribution < 1.29 is 4.39 Å². The van der Waals surface area contributed by atoms with Gasteiger partial charge in [-0.3, -0.25) is 4.72 Å². The van der Waals surface area contributed by atoms with Crippen LogP contribution in [0.3, 0.4) is 0 Å². The maximum Gasteiger partial charge on any atom is 0.138 e. The topological polar surface area (TPSA) is 12.0 Å². The van der Waals surface area contributed by atoms with Gasteiger partial charge >= 0.3 is 0 Å². The lowest BCUT2D eigenvalue weighted by atomic mass is 10.4. The van der Waals surface area contributed by atoms with Gasteiger partial charge in [-0.1, -0.05) is 12.1 Å². The Kier molecular flexibility index (Phi) is 2.71. The molecule has 1 rings (SSSR count). The highest BCUT2D eigenvalue weighted by Gasteiger charge is 1.97. The van der Waals surface area contributed by atoms with E-state index in [4.69, 9.17) is 0 Å². The van der Waals surface area contributed by atoms with Gasteiger partial charge in [-0.25, -0.2) is 4.39 Å². The molecular weight excluding hydrogens is 149 g/mol. The minimum Gasteiger partial charge on any atom is -0.263 e. The zero-order valence-electron chi connectivity index (χ0n) is 5.60. The van der Waals surface area contributed by atoms with Crippen LogP contribution in [0.25, 0.3) is 0 Å². The van der Waals surface area contributed by atoms with E-state index in [9.17, 15) is 4.39 Å². The highest BCUT2D eigenvalue weighted by atomic mass is 32.2. The predicted molar refractivity (Wildman–Crippen MR) is 41.3 cm³/mol. The normalized spacial score (nSPS) is 9.80. The smallest absolute Gasteiger partial charge is 0.138 e. The molecule has 0 unspecified atom stereocenters. The van der Waals surface area contributed by atoms with Crippen molar-refractivity contribution in [2.75, 3.05) is 7.05 Å². The Hall–Kier alpha value is -0.540. The third kappa shape index (κ3) is 1.72. The Labute approximate surface area is 63.8 Å². The van der Waals surface area contributed by atoms with E-state index in [1.165, 1.54) is 18.0 Å². The monoisotopic (exact) mass is 157 g/mol. The maximum absolute atomic E-state index is 12.7. The lowest BCUT2D eigenvalue weighted by Gasteiger charge is -1.98. The first kappa shape index (κ1) is 7.57. The molecule has 0 aliphatic rings. The van der Waals surface area contributed by atoms with Crippen molar-refractivity contribution in [3.05, 3.63) is 30.1 Å². The van der Waals surface area contributed by atoms with E-state index in [0.717, 1.165) is 0 Å². The number of halogens is 1. The van der Waals surface area contributed by atoms with Crippen LogP contribution in [-0.2, 0) is 0 Å². The molecule has 0 bridgehead atoms. The number of benzene rings is 1. The molecule has 0 radical (unpaired) electrons. The minimum absolute atomic E-state index is 0.179. The van der Waals surface area contributed by atoms with Crippen molar-refractivity contribution >= 4 is 11.9 Å². The molecular formula is C7H8FNS. The average molecular weight is 157 g/mol. The fraction of sp³-hybridized carbons (Fsp3) is 0.143. The molecule has 0 aliphatic carbocycles. The summed E-state index contributed by atoms with van der Waals surface area (Å²) in [6, 6.07) is 6.66. The molecule has 0 amide bonds. The van der Waals surface area contributed by atoms with E-state index in [-0.39, 0.29) is 5.82 Å². The van der Waals surface area contributed by atoms with Gasteiger partial charge in [0.05, 0.1) is 4.90 Å². The summed E-state index contributed by atoms with van der Waals surface area (Å²) in [6.45, 7) is 0. The minimum atomic E-state index is -0.179. The summed E-state index contributed by atoms with van der Waals surface area (Å²) in [5.74, 6) is -0.179. The number of nitrogens with one attached hydrogen (secondary N) is 1. The van der Waals surface area contributed by atoms with Gasteiger partial charge in [0.25, 0.3) is 0 Å². The standard InChI is InChI=1S/C7H8FNS/c1-9-10-7-5-3-2-4-6(7)8/h2-5,9H,1H3. The van der Waals surface area contributed by atoms with Crippen LogP contribution in [-0.4, -0.2) is 7.05 Å². The van der Waals surface area contributed by atoms with Crippen LogP contribution in [0.4, 0.5) is 4.39 Å². The quantitative estimate of drug-likeness (QED) is 0.659. The van der Waals surface area contributed by atoms with Gasteiger partial charge in [0.2, 0.25) is 0 Å². The molecule has 0 saturated carbocycles. The van der Waals surface area contributed by atoms with Gasteiger partial charge in [-0.05, 0) is 31.1 Å². The zero-order chi connectivity index (χ0) is 7.40. The first-order chi connectivity index (χ1) is 4.84. The predicted octanol–water partition coefficient (Wildman–Crippen LogP) is 2.05. The number of rotatable bonds is 2. The van der Waals surface area contributed by atoms with Gasteiger partial charge in [0.15, 0.2) is 0 Å². The second-order valence-corrected chi connectivity index (χ2v) is 2.79. The summed E-state index contributed by atoms with van der Waals surface area (Å²) in [5.41, 5.74) is 0. The van der Waals surface area contributed by atoms with Gasteiger partial charge in [-0.15, -0.1) is 0 Å². The van der Waals surface area contributed by atoms with Crippen molar-refractivity contribution in [2.45, 2.75) is 4.90 Å². The van der Waals surface area contributed by atoms with E-state index >= 15 is 0 Å². The molecule has 10 heavy (non-hydrogen) atoms. The molecule has 3 heteroatoms. The SMILES string of the molecule is CNSc1ccccc1F. The molecule has 0 saturated heterocycles. The molecule has 54 valence electrons. The van der Waals surface area contributed by atoms with Gasteiger partial charge in [0.1, 0.15) is 5.82 Å². The van der Waals surface area contributed by atoms with Crippen LogP contribution in [0.15, 0.2) is 29.2 Å². The number of hydrogen-bond donors (Lipinski definition) is 1. The highest BCUT2D eigenvalue weighted by molar-refractivity contribution is 7.97. The third-order valence-electron chi connectivity index (χ3n) is 1.05. The second-order valence-electron chi connectivity index (χ2n) is 1.74. The Bertz CT molecular complexity index is 215. The molecule has 0 spiro atoms. The molecule has 1 N–H and O–H groups in total. The van der Waals surface area contributed by atoms with E-state index in [2.05, 4.69) is 4.72 Å². The fourth-order valence-corrected chi connectivity index (χ4v) is 1.17. The van der Waals surface area contributed by atoms with E-state index in [0.29, 0.717) is 4.90 Å². The zero-order valence-corrected chi connectivity index (χ0v) is 6.41. The third-order valence-corrected chi connectivity index (χ3v) is 1.80. The first-order valence-corrected chi connectivity index (χ1v) is 3.74. The van der Waals surface area contributed by atoms with Crippen LogP contribution in [0, 0.1) is 5.82 Å².